The van der Waals surface area contributed by atoms with Crippen molar-refractivity contribution in [1.29, 1.82) is 0 Å². The third-order valence-corrected chi connectivity index (χ3v) is 5.32. The van der Waals surface area contributed by atoms with Gasteiger partial charge in [0.1, 0.15) is 0 Å². The molecule has 0 bridgehead atoms. The van der Waals surface area contributed by atoms with Gasteiger partial charge in [-0.05, 0) is 48.7 Å². The number of rotatable bonds is 4. The topological polar surface area (TPSA) is 79.4 Å². The number of benzene rings is 1. The molecule has 1 saturated carbocycles. The van der Waals surface area contributed by atoms with E-state index in [4.69, 9.17) is 0 Å². The number of pyridine rings is 1. The number of carbonyl (C=O) groups excluding carboxylic acids is 3. The molecule has 0 radical (unpaired) electrons. The summed E-state index contributed by atoms with van der Waals surface area (Å²) in [6, 6.07) is 8.38. The fourth-order valence-corrected chi connectivity index (χ4v) is 3.86. The number of hydrogen-bond acceptors (Lipinski definition) is 4. The highest BCUT2D eigenvalue weighted by Crippen LogP contribution is 2.31. The molecule has 0 saturated heterocycles. The van der Waals surface area contributed by atoms with Crippen molar-refractivity contribution in [3.8, 4) is 0 Å². The first kappa shape index (κ1) is 17.4. The van der Waals surface area contributed by atoms with Crippen molar-refractivity contribution < 1.29 is 14.4 Å². The third kappa shape index (κ3) is 3.35. The van der Waals surface area contributed by atoms with Crippen LogP contribution in [0.4, 0.5) is 0 Å². The fourth-order valence-electron chi connectivity index (χ4n) is 3.86. The van der Waals surface area contributed by atoms with Gasteiger partial charge in [-0.25, -0.2) is 0 Å². The fraction of sp³-hybridized carbons (Fsp3) is 0.333. The molecule has 2 aromatic rings. The summed E-state index contributed by atoms with van der Waals surface area (Å²) in [6.45, 7) is 0.375. The van der Waals surface area contributed by atoms with Crippen molar-refractivity contribution >= 4 is 17.7 Å². The molecule has 2 heterocycles. The molecule has 6 heteroatoms. The molecule has 1 N–H and O–H groups in total. The molecular formula is C21H21N3O3. The molecule has 0 atom stereocenters. The molecule has 6 nitrogen and oxygen atoms in total. The second-order valence-electron chi connectivity index (χ2n) is 7.07. The van der Waals surface area contributed by atoms with Crippen LogP contribution < -0.4 is 5.32 Å². The van der Waals surface area contributed by atoms with Crippen LogP contribution in [-0.4, -0.2) is 33.6 Å². The van der Waals surface area contributed by atoms with E-state index >= 15 is 0 Å². The van der Waals surface area contributed by atoms with E-state index in [1.54, 1.807) is 30.6 Å². The van der Waals surface area contributed by atoms with Crippen LogP contribution in [0, 0.1) is 0 Å². The van der Waals surface area contributed by atoms with Gasteiger partial charge >= 0.3 is 0 Å². The maximum absolute atomic E-state index is 12.8. The normalized spacial score (nSPS) is 17.1. The summed E-state index contributed by atoms with van der Waals surface area (Å²) < 4.78 is 0. The molecule has 0 unspecified atom stereocenters. The molecule has 3 amide bonds. The lowest BCUT2D eigenvalue weighted by atomic mass is 9.94. The first-order valence-corrected chi connectivity index (χ1v) is 9.34. The van der Waals surface area contributed by atoms with Crippen LogP contribution in [-0.2, 0) is 6.54 Å². The molecule has 2 aliphatic rings. The van der Waals surface area contributed by atoms with E-state index in [0.29, 0.717) is 23.2 Å². The van der Waals surface area contributed by atoms with Crippen LogP contribution in [0.15, 0.2) is 42.7 Å². The SMILES string of the molecule is O=C(NCc1ccncc1)c1ccc2c(c1)C(=O)N(C1CCCCC1)C2=O. The minimum absolute atomic E-state index is 0.0184. The van der Waals surface area contributed by atoms with Crippen molar-refractivity contribution in [2.24, 2.45) is 0 Å². The van der Waals surface area contributed by atoms with E-state index in [-0.39, 0.29) is 23.8 Å². The van der Waals surface area contributed by atoms with Crippen molar-refractivity contribution in [2.45, 2.75) is 44.7 Å². The Morgan fingerprint density at radius 3 is 2.44 bits per heavy atom. The zero-order chi connectivity index (χ0) is 18.8. The number of fused-ring (bicyclic) bond motifs is 1. The molecular weight excluding hydrogens is 342 g/mol. The largest absolute Gasteiger partial charge is 0.348 e. The zero-order valence-corrected chi connectivity index (χ0v) is 15.0. The molecule has 4 rings (SSSR count). The standard InChI is InChI=1S/C21H21N3O3/c25-19(23-13-14-8-10-22-11-9-14)15-6-7-17-18(12-15)21(27)24(20(17)26)16-4-2-1-3-5-16/h6-12,16H,1-5,13H2,(H,23,25). The Bertz CT molecular complexity index is 889. The van der Waals surface area contributed by atoms with Crippen LogP contribution in [0.2, 0.25) is 0 Å². The van der Waals surface area contributed by atoms with Crippen molar-refractivity contribution in [3.05, 3.63) is 65.0 Å². The zero-order valence-electron chi connectivity index (χ0n) is 15.0. The van der Waals surface area contributed by atoms with E-state index in [1.807, 2.05) is 12.1 Å². The molecule has 138 valence electrons. The highest BCUT2D eigenvalue weighted by atomic mass is 16.2. The van der Waals surface area contributed by atoms with Gasteiger partial charge in [-0.2, -0.15) is 0 Å². The van der Waals surface area contributed by atoms with Crippen LogP contribution in [0.3, 0.4) is 0 Å². The molecule has 1 aliphatic carbocycles. The monoisotopic (exact) mass is 363 g/mol. The van der Waals surface area contributed by atoms with Gasteiger partial charge in [0.05, 0.1) is 11.1 Å². The molecule has 27 heavy (non-hydrogen) atoms. The van der Waals surface area contributed by atoms with Crippen molar-refractivity contribution in [2.75, 3.05) is 0 Å². The first-order chi connectivity index (χ1) is 13.1. The van der Waals surface area contributed by atoms with E-state index in [0.717, 1.165) is 37.7 Å². The number of imide groups is 1. The Morgan fingerprint density at radius 2 is 1.70 bits per heavy atom. The predicted octanol–water partition coefficient (Wildman–Crippen LogP) is 2.94. The Labute approximate surface area is 157 Å². The van der Waals surface area contributed by atoms with Crippen molar-refractivity contribution in [3.63, 3.8) is 0 Å². The van der Waals surface area contributed by atoms with E-state index < -0.39 is 0 Å². The quantitative estimate of drug-likeness (QED) is 0.847. The van der Waals surface area contributed by atoms with Crippen LogP contribution >= 0.6 is 0 Å². The van der Waals surface area contributed by atoms with Crippen LogP contribution in [0.1, 0.15) is 68.7 Å². The number of hydrogen-bond donors (Lipinski definition) is 1. The van der Waals surface area contributed by atoms with Gasteiger partial charge in [-0.1, -0.05) is 19.3 Å². The minimum atomic E-state index is -0.273. The Morgan fingerprint density at radius 1 is 1.00 bits per heavy atom. The Hall–Kier alpha value is -3.02. The average molecular weight is 363 g/mol. The van der Waals surface area contributed by atoms with Gasteiger partial charge in [0.2, 0.25) is 0 Å². The number of amides is 3. The van der Waals surface area contributed by atoms with E-state index in [2.05, 4.69) is 10.3 Å². The second kappa shape index (κ2) is 7.31. The molecule has 0 spiro atoms. The van der Waals surface area contributed by atoms with Crippen LogP contribution in [0.25, 0.3) is 0 Å². The summed E-state index contributed by atoms with van der Waals surface area (Å²) >= 11 is 0. The van der Waals surface area contributed by atoms with Gasteiger partial charge in [-0.15, -0.1) is 0 Å². The lowest BCUT2D eigenvalue weighted by molar-refractivity contribution is 0.0549. The number of carbonyl (C=O) groups is 3. The molecule has 1 fully saturated rings. The number of aromatic nitrogens is 1. The molecule has 1 aliphatic heterocycles. The van der Waals surface area contributed by atoms with Gasteiger partial charge in [0, 0.05) is 30.5 Å². The van der Waals surface area contributed by atoms with Gasteiger partial charge in [0.25, 0.3) is 17.7 Å². The first-order valence-electron chi connectivity index (χ1n) is 9.34. The molecule has 1 aromatic heterocycles. The Kier molecular flexibility index (Phi) is 4.71. The third-order valence-electron chi connectivity index (χ3n) is 5.32. The highest BCUT2D eigenvalue weighted by molar-refractivity contribution is 6.22. The Balaban J connectivity index is 1.51. The lowest BCUT2D eigenvalue weighted by Gasteiger charge is -2.29. The van der Waals surface area contributed by atoms with Crippen molar-refractivity contribution in [1.82, 2.24) is 15.2 Å². The second-order valence-corrected chi connectivity index (χ2v) is 7.07. The van der Waals surface area contributed by atoms with E-state index in [1.165, 1.54) is 4.90 Å². The maximum Gasteiger partial charge on any atom is 0.261 e. The van der Waals surface area contributed by atoms with Crippen LogP contribution in [0.5, 0.6) is 0 Å². The summed E-state index contributed by atoms with van der Waals surface area (Å²) in [5.74, 6) is -0.776. The predicted molar refractivity (Wildman–Crippen MR) is 99.2 cm³/mol. The summed E-state index contributed by atoms with van der Waals surface area (Å²) in [4.78, 5) is 43.3. The highest BCUT2D eigenvalue weighted by Gasteiger charge is 2.40. The number of nitrogens with zero attached hydrogens (tertiary/aromatic N) is 2. The molecule has 1 aromatic carbocycles. The van der Waals surface area contributed by atoms with Gasteiger partial charge in [-0.3, -0.25) is 24.3 Å². The van der Waals surface area contributed by atoms with Gasteiger partial charge in [0.15, 0.2) is 0 Å². The lowest BCUT2D eigenvalue weighted by Crippen LogP contribution is -2.40. The summed E-state index contributed by atoms with van der Waals surface area (Å²) in [6.07, 6.45) is 8.31. The number of nitrogens with one attached hydrogen (secondary N) is 1. The maximum atomic E-state index is 12.8. The minimum Gasteiger partial charge on any atom is -0.348 e. The summed E-state index contributed by atoms with van der Waals surface area (Å²) in [5.41, 5.74) is 2.06. The van der Waals surface area contributed by atoms with E-state index in [9.17, 15) is 14.4 Å². The summed E-state index contributed by atoms with van der Waals surface area (Å²) in [7, 11) is 0. The smallest absolute Gasteiger partial charge is 0.261 e. The summed E-state index contributed by atoms with van der Waals surface area (Å²) in [5, 5.41) is 2.83. The average Bonchev–Trinajstić information content (AvgIpc) is 2.97. The van der Waals surface area contributed by atoms with Gasteiger partial charge < -0.3 is 5.32 Å².